The zero-order chi connectivity index (χ0) is 19.0. The van der Waals surface area contributed by atoms with Crippen molar-refractivity contribution in [1.29, 1.82) is 0 Å². The summed E-state index contributed by atoms with van der Waals surface area (Å²) < 4.78 is 0. The molecule has 0 saturated carbocycles. The minimum absolute atomic E-state index is 0.0590. The fraction of sp³-hybridized carbons (Fsp3) is 0.100. The second-order valence-corrected chi connectivity index (χ2v) is 6.19. The molecule has 0 bridgehead atoms. The lowest BCUT2D eigenvalue weighted by atomic mass is 10.2. The Morgan fingerprint density at radius 3 is 1.56 bits per heavy atom. The quantitative estimate of drug-likeness (QED) is 0.775. The van der Waals surface area contributed by atoms with Crippen LogP contribution in [0.4, 0.5) is 11.4 Å². The van der Waals surface area contributed by atoms with Crippen LogP contribution >= 0.6 is 0 Å². The molecule has 2 aromatic carbocycles. The Balaban J connectivity index is 0.000000218. The Kier molecular flexibility index (Phi) is 4.04. The highest BCUT2D eigenvalue weighted by Gasteiger charge is 2.39. The summed E-state index contributed by atoms with van der Waals surface area (Å²) in [6.45, 7) is 0. The number of nitrogens with one attached hydrogen (secondary N) is 1. The number of anilines is 2. The first-order chi connectivity index (χ1) is 13.1. The van der Waals surface area contributed by atoms with E-state index in [1.54, 1.807) is 0 Å². The summed E-state index contributed by atoms with van der Waals surface area (Å²) in [6, 6.07) is 15.2. The van der Waals surface area contributed by atoms with Gasteiger partial charge in [0.05, 0.1) is 24.2 Å². The molecular weight excluding hydrogens is 346 g/mol. The smallest absolute Gasteiger partial charge is 0.295 e. The molecule has 2 aromatic rings. The summed E-state index contributed by atoms with van der Waals surface area (Å²) in [4.78, 5) is 44.7. The Hall–Kier alpha value is -3.74. The molecule has 134 valence electrons. The number of hydrogen-bond donors (Lipinski definition) is 1. The average Bonchev–Trinajstić information content (AvgIpc) is 3.30. The van der Waals surface area contributed by atoms with E-state index in [0.717, 1.165) is 22.5 Å². The van der Waals surface area contributed by atoms with Crippen LogP contribution in [0.3, 0.4) is 0 Å². The van der Waals surface area contributed by atoms with Crippen molar-refractivity contribution in [2.24, 2.45) is 0 Å². The molecule has 3 aliphatic rings. The second-order valence-electron chi connectivity index (χ2n) is 6.19. The van der Waals surface area contributed by atoms with Gasteiger partial charge in [-0.25, -0.2) is 10.0 Å². The Morgan fingerprint density at radius 1 is 0.704 bits per heavy atom. The third-order valence-electron chi connectivity index (χ3n) is 4.47. The third-order valence-corrected chi connectivity index (χ3v) is 4.47. The van der Waals surface area contributed by atoms with Crippen LogP contribution in [0.2, 0.25) is 0 Å². The zero-order valence-corrected chi connectivity index (χ0v) is 14.2. The molecule has 0 aromatic heterocycles. The first kappa shape index (κ1) is 16.7. The fourth-order valence-corrected chi connectivity index (χ4v) is 3.26. The van der Waals surface area contributed by atoms with Gasteiger partial charge < -0.3 is 5.32 Å². The van der Waals surface area contributed by atoms with Gasteiger partial charge in [-0.3, -0.25) is 19.2 Å². The van der Waals surface area contributed by atoms with Gasteiger partial charge in [0, 0.05) is 12.3 Å². The monoisotopic (exact) mass is 361 g/mol. The second kappa shape index (κ2) is 6.53. The van der Waals surface area contributed by atoms with Crippen molar-refractivity contribution in [3.63, 3.8) is 0 Å². The van der Waals surface area contributed by atoms with Gasteiger partial charge in [0.1, 0.15) is 0 Å². The van der Waals surface area contributed by atoms with Crippen LogP contribution in [0, 0.1) is 0 Å². The molecule has 1 N–H and O–H groups in total. The Morgan fingerprint density at radius 2 is 1.19 bits per heavy atom. The van der Waals surface area contributed by atoms with E-state index in [2.05, 4.69) is 5.32 Å². The van der Waals surface area contributed by atoms with E-state index in [0.29, 0.717) is 12.8 Å². The number of hydrogen-bond acceptors (Lipinski definition) is 4. The SMILES string of the molecule is O=C1C=CNC1=O.O=C1Cc2ccccc2N1N1C(=O)Cc2ccccc21. The molecule has 0 spiro atoms. The minimum Gasteiger partial charge on any atom is -0.326 e. The number of hydrazine groups is 1. The number of fused-ring (bicyclic) bond motifs is 2. The van der Waals surface area contributed by atoms with Crippen LogP contribution < -0.4 is 15.3 Å². The van der Waals surface area contributed by atoms with Gasteiger partial charge in [0.15, 0.2) is 0 Å². The molecule has 0 unspecified atom stereocenters. The highest BCUT2D eigenvalue weighted by atomic mass is 16.2. The molecule has 3 heterocycles. The number of rotatable bonds is 1. The molecule has 27 heavy (non-hydrogen) atoms. The van der Waals surface area contributed by atoms with Gasteiger partial charge in [-0.1, -0.05) is 36.4 Å². The summed E-state index contributed by atoms with van der Waals surface area (Å²) in [7, 11) is 0. The van der Waals surface area contributed by atoms with E-state index in [1.807, 2.05) is 48.5 Å². The predicted molar refractivity (Wildman–Crippen MR) is 97.6 cm³/mol. The number of para-hydroxylation sites is 2. The summed E-state index contributed by atoms with van der Waals surface area (Å²) in [5, 5.41) is 5.23. The molecule has 0 atom stereocenters. The zero-order valence-electron chi connectivity index (χ0n) is 14.2. The van der Waals surface area contributed by atoms with E-state index >= 15 is 0 Å². The lowest BCUT2D eigenvalue weighted by molar-refractivity contribution is -0.133. The van der Waals surface area contributed by atoms with Crippen molar-refractivity contribution in [1.82, 2.24) is 5.32 Å². The largest absolute Gasteiger partial charge is 0.326 e. The summed E-state index contributed by atoms with van der Waals surface area (Å²) in [5.41, 5.74) is 3.55. The van der Waals surface area contributed by atoms with Crippen molar-refractivity contribution < 1.29 is 19.2 Å². The number of ketones is 1. The van der Waals surface area contributed by atoms with Crippen LogP contribution in [0.15, 0.2) is 60.8 Å². The van der Waals surface area contributed by atoms with Crippen molar-refractivity contribution in [3.8, 4) is 0 Å². The van der Waals surface area contributed by atoms with Crippen molar-refractivity contribution in [3.05, 3.63) is 71.9 Å². The van der Waals surface area contributed by atoms with Gasteiger partial charge in [0.25, 0.3) is 17.7 Å². The van der Waals surface area contributed by atoms with Crippen molar-refractivity contribution in [2.45, 2.75) is 12.8 Å². The standard InChI is InChI=1S/C16H12N2O2.C4H3NO2/c19-15-9-11-5-1-3-7-13(11)17(15)18-14-8-4-2-6-12(14)10-16(18)20;6-3-1-2-5-4(3)7/h1-8H,9-10H2;1-2H,(H,5,6,7). The van der Waals surface area contributed by atoms with Crippen LogP contribution in [0.25, 0.3) is 0 Å². The van der Waals surface area contributed by atoms with Gasteiger partial charge in [-0.2, -0.15) is 0 Å². The number of carbonyl (C=O) groups excluding carboxylic acids is 4. The van der Waals surface area contributed by atoms with E-state index in [1.165, 1.54) is 22.3 Å². The molecule has 3 aliphatic heterocycles. The number of amides is 3. The maximum atomic E-state index is 12.3. The van der Waals surface area contributed by atoms with Crippen LogP contribution in [-0.4, -0.2) is 23.5 Å². The van der Waals surface area contributed by atoms with Crippen LogP contribution in [-0.2, 0) is 32.0 Å². The molecule has 3 amide bonds. The molecule has 0 aliphatic carbocycles. The molecule has 5 rings (SSSR count). The number of carbonyl (C=O) groups is 4. The van der Waals surface area contributed by atoms with E-state index in [-0.39, 0.29) is 11.8 Å². The highest BCUT2D eigenvalue weighted by Crippen LogP contribution is 2.37. The number of benzene rings is 2. The third kappa shape index (κ3) is 2.89. The van der Waals surface area contributed by atoms with E-state index in [9.17, 15) is 19.2 Å². The molecular formula is C20H15N3O4. The lowest BCUT2D eigenvalue weighted by Gasteiger charge is -2.28. The summed E-state index contributed by atoms with van der Waals surface area (Å²) in [6.07, 6.45) is 3.22. The topological polar surface area (TPSA) is 86.8 Å². The lowest BCUT2D eigenvalue weighted by Crippen LogP contribution is -2.47. The first-order valence-corrected chi connectivity index (χ1v) is 8.39. The molecule has 7 heteroatoms. The molecule has 0 fully saturated rings. The highest BCUT2D eigenvalue weighted by molar-refractivity contribution is 6.42. The van der Waals surface area contributed by atoms with Gasteiger partial charge >= 0.3 is 0 Å². The van der Waals surface area contributed by atoms with E-state index in [4.69, 9.17) is 0 Å². The minimum atomic E-state index is -0.542. The Bertz CT molecular complexity index is 948. The average molecular weight is 361 g/mol. The molecule has 7 nitrogen and oxygen atoms in total. The normalized spacial score (nSPS) is 16.9. The molecule has 0 saturated heterocycles. The van der Waals surface area contributed by atoms with Crippen LogP contribution in [0.1, 0.15) is 11.1 Å². The van der Waals surface area contributed by atoms with Gasteiger partial charge in [-0.05, 0) is 23.3 Å². The Labute approximate surface area is 154 Å². The fourth-order valence-electron chi connectivity index (χ4n) is 3.26. The van der Waals surface area contributed by atoms with Gasteiger partial charge in [-0.15, -0.1) is 0 Å². The van der Waals surface area contributed by atoms with Gasteiger partial charge in [0.2, 0.25) is 5.78 Å². The maximum Gasteiger partial charge on any atom is 0.295 e. The van der Waals surface area contributed by atoms with Crippen molar-refractivity contribution in [2.75, 3.05) is 10.0 Å². The summed E-state index contributed by atoms with van der Waals surface area (Å²) in [5.74, 6) is -1.13. The first-order valence-electron chi connectivity index (χ1n) is 8.39. The predicted octanol–water partition coefficient (Wildman–Crippen LogP) is 1.28. The van der Waals surface area contributed by atoms with Crippen LogP contribution in [0.5, 0.6) is 0 Å². The number of nitrogens with zero attached hydrogens (tertiary/aromatic N) is 2. The molecule has 0 radical (unpaired) electrons. The van der Waals surface area contributed by atoms with Crippen molar-refractivity contribution >= 4 is 34.9 Å². The maximum absolute atomic E-state index is 12.3. The summed E-state index contributed by atoms with van der Waals surface area (Å²) >= 11 is 0. The van der Waals surface area contributed by atoms with E-state index < -0.39 is 11.7 Å².